The van der Waals surface area contributed by atoms with Crippen LogP contribution in [0.25, 0.3) is 0 Å². The number of carbonyl (C=O) groups excluding carboxylic acids is 2. The number of allylic oxidation sites excluding steroid dienone is 1. The summed E-state index contributed by atoms with van der Waals surface area (Å²) in [6.45, 7) is 0. The van der Waals surface area contributed by atoms with Crippen molar-refractivity contribution in [2.45, 2.75) is 29.5 Å². The summed E-state index contributed by atoms with van der Waals surface area (Å²) < 4.78 is -2.14. The number of hydrogen-bond donors (Lipinski definition) is 2. The van der Waals surface area contributed by atoms with Gasteiger partial charge in [0.05, 0.1) is 0 Å². The third-order valence-electron chi connectivity index (χ3n) is 2.27. The second kappa shape index (κ2) is 5.25. The first-order valence-corrected chi connectivity index (χ1v) is 5.85. The summed E-state index contributed by atoms with van der Waals surface area (Å²) in [7, 11) is 0. The summed E-state index contributed by atoms with van der Waals surface area (Å²) in [6.07, 6.45) is 3.02. The van der Waals surface area contributed by atoms with E-state index in [0.717, 1.165) is 12.8 Å². The SMILES string of the molecule is NC1=C(C(=O)NC(=O)C(Cl)(Cl)Cl)CCCC1. The molecule has 90 valence electrons. The highest BCUT2D eigenvalue weighted by Crippen LogP contribution is 2.26. The number of halogens is 3. The average molecular weight is 286 g/mol. The van der Waals surface area contributed by atoms with E-state index < -0.39 is 15.6 Å². The van der Waals surface area contributed by atoms with Gasteiger partial charge >= 0.3 is 0 Å². The molecular formula is C9H11Cl3N2O2. The Balaban J connectivity index is 2.69. The van der Waals surface area contributed by atoms with E-state index in [2.05, 4.69) is 0 Å². The number of nitrogens with one attached hydrogen (secondary N) is 1. The molecule has 0 radical (unpaired) electrons. The number of nitrogens with two attached hydrogens (primary N) is 1. The van der Waals surface area contributed by atoms with Gasteiger partial charge in [-0.25, -0.2) is 0 Å². The van der Waals surface area contributed by atoms with E-state index in [0.29, 0.717) is 24.1 Å². The maximum Gasteiger partial charge on any atom is 0.278 e. The fraction of sp³-hybridized carbons (Fsp3) is 0.556. The van der Waals surface area contributed by atoms with Crippen LogP contribution in [0.2, 0.25) is 0 Å². The van der Waals surface area contributed by atoms with Gasteiger partial charge in [-0.15, -0.1) is 0 Å². The molecule has 0 heterocycles. The zero-order valence-electron chi connectivity index (χ0n) is 8.36. The quantitative estimate of drug-likeness (QED) is 0.721. The van der Waals surface area contributed by atoms with Gasteiger partial charge in [-0.2, -0.15) is 0 Å². The molecule has 0 saturated carbocycles. The lowest BCUT2D eigenvalue weighted by Crippen LogP contribution is -2.40. The number of hydrogen-bond acceptors (Lipinski definition) is 3. The van der Waals surface area contributed by atoms with E-state index in [9.17, 15) is 9.59 Å². The first kappa shape index (κ1) is 13.6. The minimum atomic E-state index is -2.14. The summed E-state index contributed by atoms with van der Waals surface area (Å²) in [5.41, 5.74) is 6.58. The molecule has 0 aromatic heterocycles. The summed E-state index contributed by atoms with van der Waals surface area (Å²) in [6, 6.07) is 0. The van der Waals surface area contributed by atoms with Gasteiger partial charge in [-0.3, -0.25) is 14.9 Å². The molecule has 0 fully saturated rings. The van der Waals surface area contributed by atoms with Gasteiger partial charge in [-0.05, 0) is 25.7 Å². The van der Waals surface area contributed by atoms with Gasteiger partial charge in [0, 0.05) is 11.3 Å². The lowest BCUT2D eigenvalue weighted by molar-refractivity contribution is -0.128. The zero-order valence-corrected chi connectivity index (χ0v) is 10.6. The average Bonchev–Trinajstić information content (AvgIpc) is 2.16. The van der Waals surface area contributed by atoms with Crippen molar-refractivity contribution in [3.63, 3.8) is 0 Å². The third-order valence-corrected chi connectivity index (χ3v) is 2.78. The molecule has 7 heteroatoms. The second-order valence-corrected chi connectivity index (χ2v) is 5.77. The highest BCUT2D eigenvalue weighted by molar-refractivity contribution is 6.76. The Morgan fingerprint density at radius 3 is 2.25 bits per heavy atom. The highest BCUT2D eigenvalue weighted by Gasteiger charge is 2.33. The summed E-state index contributed by atoms with van der Waals surface area (Å²) in [4.78, 5) is 22.9. The Morgan fingerprint density at radius 1 is 1.19 bits per heavy atom. The monoisotopic (exact) mass is 284 g/mol. The largest absolute Gasteiger partial charge is 0.402 e. The molecule has 4 nitrogen and oxygen atoms in total. The fourth-order valence-corrected chi connectivity index (χ4v) is 1.58. The molecule has 0 aliphatic heterocycles. The molecule has 0 bridgehead atoms. The summed E-state index contributed by atoms with van der Waals surface area (Å²) in [5.74, 6) is -1.54. The van der Waals surface area contributed by atoms with E-state index in [1.165, 1.54) is 0 Å². The Morgan fingerprint density at radius 2 is 1.75 bits per heavy atom. The summed E-state index contributed by atoms with van der Waals surface area (Å²) in [5, 5.41) is 2.01. The number of alkyl halides is 3. The van der Waals surface area contributed by atoms with Crippen LogP contribution in [-0.2, 0) is 9.59 Å². The summed E-state index contributed by atoms with van der Waals surface area (Å²) >= 11 is 16.0. The van der Waals surface area contributed by atoms with E-state index in [1.807, 2.05) is 5.32 Å². The molecule has 0 saturated heterocycles. The predicted molar refractivity (Wildman–Crippen MR) is 63.1 cm³/mol. The van der Waals surface area contributed by atoms with Crippen LogP contribution in [0.15, 0.2) is 11.3 Å². The second-order valence-electron chi connectivity index (χ2n) is 3.49. The Labute approximate surface area is 108 Å². The fourth-order valence-electron chi connectivity index (χ4n) is 1.44. The number of rotatable bonds is 1. The molecular weight excluding hydrogens is 274 g/mol. The van der Waals surface area contributed by atoms with Crippen molar-refractivity contribution in [1.82, 2.24) is 5.32 Å². The van der Waals surface area contributed by atoms with Crippen LogP contribution in [-0.4, -0.2) is 15.6 Å². The van der Waals surface area contributed by atoms with Crippen molar-refractivity contribution < 1.29 is 9.59 Å². The molecule has 1 aliphatic carbocycles. The maximum absolute atomic E-state index is 11.6. The molecule has 0 aromatic carbocycles. The maximum atomic E-state index is 11.6. The molecule has 0 unspecified atom stereocenters. The zero-order chi connectivity index (χ0) is 12.3. The van der Waals surface area contributed by atoms with Crippen LogP contribution in [0.1, 0.15) is 25.7 Å². The first-order valence-electron chi connectivity index (χ1n) is 4.72. The smallest absolute Gasteiger partial charge is 0.278 e. The van der Waals surface area contributed by atoms with E-state index in [1.54, 1.807) is 0 Å². The molecule has 0 spiro atoms. The Kier molecular flexibility index (Phi) is 4.47. The van der Waals surface area contributed by atoms with Crippen molar-refractivity contribution in [3.8, 4) is 0 Å². The van der Waals surface area contributed by atoms with Crippen molar-refractivity contribution >= 4 is 46.6 Å². The van der Waals surface area contributed by atoms with Crippen molar-refractivity contribution in [2.75, 3.05) is 0 Å². The molecule has 3 N–H and O–H groups in total. The molecule has 1 aliphatic rings. The van der Waals surface area contributed by atoms with Gasteiger partial charge in [-0.1, -0.05) is 34.8 Å². The van der Waals surface area contributed by atoms with Crippen LogP contribution >= 0.6 is 34.8 Å². The van der Waals surface area contributed by atoms with Crippen molar-refractivity contribution in [2.24, 2.45) is 5.73 Å². The van der Waals surface area contributed by atoms with Gasteiger partial charge in [0.15, 0.2) is 0 Å². The molecule has 0 aromatic rings. The van der Waals surface area contributed by atoms with Crippen LogP contribution in [0.5, 0.6) is 0 Å². The van der Waals surface area contributed by atoms with E-state index in [-0.39, 0.29) is 0 Å². The number of amides is 2. The van der Waals surface area contributed by atoms with Gasteiger partial charge in [0.1, 0.15) is 0 Å². The number of imide groups is 1. The van der Waals surface area contributed by atoms with Crippen LogP contribution in [0.3, 0.4) is 0 Å². The molecule has 2 amide bonds. The predicted octanol–water partition coefficient (Wildman–Crippen LogP) is 1.79. The standard InChI is InChI=1S/C9H11Cl3N2O2/c10-9(11,12)8(16)14-7(15)5-3-1-2-4-6(5)13/h1-4,13H2,(H,14,15,16). The van der Waals surface area contributed by atoms with Crippen molar-refractivity contribution in [1.29, 1.82) is 0 Å². The van der Waals surface area contributed by atoms with Gasteiger partial charge < -0.3 is 5.73 Å². The van der Waals surface area contributed by atoms with Crippen molar-refractivity contribution in [3.05, 3.63) is 11.3 Å². The number of carbonyl (C=O) groups is 2. The molecule has 1 rings (SSSR count). The minimum Gasteiger partial charge on any atom is -0.402 e. The molecule has 16 heavy (non-hydrogen) atoms. The van der Waals surface area contributed by atoms with Gasteiger partial charge in [0.25, 0.3) is 15.6 Å². The first-order chi connectivity index (χ1) is 7.32. The van der Waals surface area contributed by atoms with E-state index in [4.69, 9.17) is 40.5 Å². The lowest BCUT2D eigenvalue weighted by Gasteiger charge is -2.17. The highest BCUT2D eigenvalue weighted by atomic mass is 35.6. The molecule has 0 atom stereocenters. The lowest BCUT2D eigenvalue weighted by atomic mass is 9.96. The Hall–Kier alpha value is -0.450. The topological polar surface area (TPSA) is 72.2 Å². The normalized spacial score (nSPS) is 17.2. The Bertz CT molecular complexity index is 347. The van der Waals surface area contributed by atoms with Crippen LogP contribution < -0.4 is 11.1 Å². The minimum absolute atomic E-state index is 0.411. The third kappa shape index (κ3) is 3.54. The van der Waals surface area contributed by atoms with E-state index >= 15 is 0 Å². The van der Waals surface area contributed by atoms with Crippen LogP contribution in [0, 0.1) is 0 Å². The van der Waals surface area contributed by atoms with Gasteiger partial charge in [0.2, 0.25) is 0 Å². The van der Waals surface area contributed by atoms with Crippen LogP contribution in [0.4, 0.5) is 0 Å².